The van der Waals surface area contributed by atoms with Gasteiger partial charge in [0.05, 0.1) is 41.5 Å². The van der Waals surface area contributed by atoms with Crippen molar-refractivity contribution in [2.75, 3.05) is 66.1 Å². The van der Waals surface area contributed by atoms with Crippen molar-refractivity contribution in [1.29, 1.82) is 0 Å². The van der Waals surface area contributed by atoms with Crippen LogP contribution in [0.5, 0.6) is 34.5 Å². The van der Waals surface area contributed by atoms with Crippen LogP contribution in [-0.4, -0.2) is 107 Å². The van der Waals surface area contributed by atoms with E-state index in [0.29, 0.717) is 48.9 Å². The number of aliphatic carboxylic acids is 1. The second-order valence-electron chi connectivity index (χ2n) is 15.2. The first-order valence-corrected chi connectivity index (χ1v) is 29.3. The summed E-state index contributed by atoms with van der Waals surface area (Å²) in [4.78, 5) is 75.7. The van der Waals surface area contributed by atoms with Gasteiger partial charge < -0.3 is 57.6 Å². The summed E-state index contributed by atoms with van der Waals surface area (Å²) in [6.45, 7) is 8.75. The topological polar surface area (TPSA) is 238 Å². The van der Waals surface area contributed by atoms with Gasteiger partial charge in [0.15, 0.2) is 33.0 Å². The van der Waals surface area contributed by atoms with Crippen molar-refractivity contribution < 1.29 is 116 Å². The molecule has 0 fully saturated rings. The second kappa shape index (κ2) is 30.4. The van der Waals surface area contributed by atoms with Crippen molar-refractivity contribution in [2.24, 2.45) is 0 Å². The number of ether oxygens (including phenoxy) is 10. The molecule has 1 aromatic carbocycles. The molecule has 0 saturated heterocycles. The molecule has 6 aromatic rings. The zero-order valence-corrected chi connectivity index (χ0v) is 49.9. The third kappa shape index (κ3) is 16.4. The molecule has 0 saturated carbocycles. The van der Waals surface area contributed by atoms with E-state index in [1.807, 2.05) is 41.1 Å². The average molecular weight is 1180 g/mol. The Labute approximate surface area is 487 Å². The Morgan fingerprint density at radius 1 is 0.455 bits per heavy atom. The molecule has 0 spiro atoms. The number of benzene rings is 1. The minimum absolute atomic E-state index is 0. The molecular weight excluding hydrogens is 1130 g/mol. The predicted molar refractivity (Wildman–Crippen MR) is 289 cm³/mol. The van der Waals surface area contributed by atoms with Gasteiger partial charge in [-0.05, 0) is 58.4 Å². The van der Waals surface area contributed by atoms with Crippen molar-refractivity contribution in [3.63, 3.8) is 0 Å². The number of carbonyl (C=O) groups is 6. The van der Waals surface area contributed by atoms with Gasteiger partial charge in [-0.2, -0.15) is 0 Å². The molecule has 1 aliphatic rings. The number of carbonyl (C=O) groups excluding carboxylic acids is 5. The number of carboxylic acids is 1. The van der Waals surface area contributed by atoms with Crippen LogP contribution in [0.2, 0.25) is 0 Å². The van der Waals surface area contributed by atoms with Gasteiger partial charge in [-0.25, -0.2) is 24.0 Å². The van der Waals surface area contributed by atoms with Crippen molar-refractivity contribution in [1.82, 2.24) is 0 Å². The molecule has 77 heavy (non-hydrogen) atoms. The molecule has 0 unspecified atom stereocenters. The van der Waals surface area contributed by atoms with E-state index in [0.717, 1.165) is 36.3 Å². The van der Waals surface area contributed by atoms with Crippen molar-refractivity contribution >= 4 is 123 Å². The fraction of sp³-hybridized carbons (Fsp3) is 0.308. The number of esters is 5. The van der Waals surface area contributed by atoms with Crippen molar-refractivity contribution in [2.45, 2.75) is 50.0 Å². The van der Waals surface area contributed by atoms with E-state index in [4.69, 9.17) is 57.3 Å². The van der Waals surface area contributed by atoms with Gasteiger partial charge >= 0.3 is 59.4 Å². The maximum atomic E-state index is 13.0. The standard InChI is InChI=1S/C50H50O16S6.C2H4O2.Na/c1-6-57-40(52)20-62-32-15-37(67-25-32)47-48(38-16-33(26-68-38)63-21-41(53)58-7-2)50(39-17-34(27-69-39)64-22-42(54)59-8-3)72(49(47)30-11-13-31(51)14-12-30,45-18-35(28-70-45)65-23-43(55)60-9-4)46-19-36(29-71-46)66-24-44(56)61-10-5;1-2(3)4;/h11-19,25-29,51H,6-10,20-24H2,1-5H3;1H3,(H,3,4);/q;;+1/p-1. The maximum Gasteiger partial charge on any atom is 1.00 e. The van der Waals surface area contributed by atoms with Gasteiger partial charge in [0, 0.05) is 81.5 Å². The zero-order chi connectivity index (χ0) is 54.8. The maximum absolute atomic E-state index is 13.0. The van der Waals surface area contributed by atoms with Crippen molar-refractivity contribution in [3.05, 3.63) is 102 Å². The van der Waals surface area contributed by atoms with Crippen LogP contribution >= 0.6 is 66.7 Å². The number of hydrogen-bond acceptors (Lipinski definition) is 22. The summed E-state index contributed by atoms with van der Waals surface area (Å²) < 4.78 is 57.7. The number of allylic oxidation sites excluding steroid dienone is 2. The largest absolute Gasteiger partial charge is 1.00 e. The third-order valence-electron chi connectivity index (χ3n) is 9.89. The number of rotatable bonds is 26. The van der Waals surface area contributed by atoms with Crippen LogP contribution in [0.25, 0.3) is 21.0 Å². The van der Waals surface area contributed by atoms with Crippen LogP contribution in [0.1, 0.15) is 61.7 Å². The summed E-state index contributed by atoms with van der Waals surface area (Å²) in [6.07, 6.45) is 0. The molecule has 0 bridgehead atoms. The van der Waals surface area contributed by atoms with Crippen LogP contribution in [-0.2, 0) is 52.5 Å². The van der Waals surface area contributed by atoms with E-state index in [9.17, 15) is 29.1 Å². The fourth-order valence-corrected chi connectivity index (χ4v) is 18.3. The van der Waals surface area contributed by atoms with Crippen LogP contribution in [0.15, 0.2) is 89.9 Å². The minimum Gasteiger partial charge on any atom is -0.872 e. The van der Waals surface area contributed by atoms with Gasteiger partial charge in [-0.3, -0.25) is 4.79 Å². The van der Waals surface area contributed by atoms with Crippen LogP contribution in [0.3, 0.4) is 0 Å². The molecule has 5 aromatic heterocycles. The van der Waals surface area contributed by atoms with Gasteiger partial charge in [-0.15, -0.1) is 72.5 Å². The van der Waals surface area contributed by atoms with E-state index < -0.39 is 45.8 Å². The van der Waals surface area contributed by atoms with E-state index in [2.05, 4.69) is 0 Å². The Kier molecular flexibility index (Phi) is 24.4. The van der Waals surface area contributed by atoms with Crippen LogP contribution in [0.4, 0.5) is 0 Å². The molecule has 25 heteroatoms. The molecule has 0 atom stereocenters. The fourth-order valence-electron chi connectivity index (χ4n) is 7.17. The molecule has 0 radical (unpaired) electrons. The smallest absolute Gasteiger partial charge is 0.872 e. The molecule has 1 aliphatic heterocycles. The molecule has 1 N–H and O–H groups in total. The van der Waals surface area contributed by atoms with Gasteiger partial charge in [0.2, 0.25) is 0 Å². The Hall–Kier alpha value is -5.83. The summed E-state index contributed by atoms with van der Waals surface area (Å²) in [6, 6.07) is 15.8. The van der Waals surface area contributed by atoms with E-state index in [1.165, 1.54) is 68.8 Å². The van der Waals surface area contributed by atoms with Gasteiger partial charge in [0.1, 0.15) is 28.7 Å². The normalized spacial score (nSPS) is 12.8. The van der Waals surface area contributed by atoms with Gasteiger partial charge in [-0.1, -0.05) is 24.3 Å². The summed E-state index contributed by atoms with van der Waals surface area (Å²) in [5.41, 5.74) is 2.12. The molecule has 0 aliphatic carbocycles. The SMILES string of the molecule is CC(=O)O.CCOC(=O)COc1csc(C2=C(c3ccc([O-])cc3)S(c3cc(OCC(=O)OCC)cs3)(c3cc(OCC(=O)OCC)cs3)C(c3cc(OCC(=O)OCC)cs3)=C2c2cc(OCC(=O)OCC)cs2)c1.[Na+]. The van der Waals surface area contributed by atoms with Crippen molar-refractivity contribution in [3.8, 4) is 34.5 Å². The van der Waals surface area contributed by atoms with Gasteiger partial charge in [0.25, 0.3) is 5.97 Å². The number of hydrogen-bond donors (Lipinski definition) is 1. The quantitative estimate of drug-likeness (QED) is 0.0320. The summed E-state index contributed by atoms with van der Waals surface area (Å²) in [5.74, 6) is -1.85. The summed E-state index contributed by atoms with van der Waals surface area (Å²) >= 11 is 6.89. The predicted octanol–water partition coefficient (Wildman–Crippen LogP) is 7.25. The third-order valence-corrected chi connectivity index (χ3v) is 19.8. The molecular formula is C52H53NaO18S6. The Morgan fingerprint density at radius 2 is 0.740 bits per heavy atom. The Morgan fingerprint density at radius 3 is 1.08 bits per heavy atom. The van der Waals surface area contributed by atoms with Crippen LogP contribution in [0, 0.1) is 0 Å². The number of carboxylic acid groups (broad SMARTS) is 1. The molecule has 406 valence electrons. The van der Waals surface area contributed by atoms with E-state index >= 15 is 0 Å². The summed E-state index contributed by atoms with van der Waals surface area (Å²) in [7, 11) is -2.90. The molecule has 6 heterocycles. The monoisotopic (exact) mass is 1180 g/mol. The second-order valence-corrected chi connectivity index (χ2v) is 23.2. The first-order valence-electron chi connectivity index (χ1n) is 23.3. The Bertz CT molecular complexity index is 2970. The molecule has 18 nitrogen and oxygen atoms in total. The Balaban J connectivity index is 0.00000211. The minimum atomic E-state index is -2.90. The average Bonchev–Trinajstić information content (AvgIpc) is 4.46. The van der Waals surface area contributed by atoms with Crippen LogP contribution < -0.4 is 58.3 Å². The molecule has 7 rings (SSSR count). The first-order chi connectivity index (χ1) is 36.6. The van der Waals surface area contributed by atoms with E-state index in [1.54, 1.807) is 62.9 Å². The summed E-state index contributed by atoms with van der Waals surface area (Å²) in [5, 5.41) is 29.5. The first kappa shape index (κ1) is 62.0. The number of thiophene rings is 5. The zero-order valence-electron chi connectivity index (χ0n) is 43.0. The van der Waals surface area contributed by atoms with E-state index in [-0.39, 0.29) is 101 Å². The molecule has 0 amide bonds.